The lowest BCUT2D eigenvalue weighted by atomic mass is 9.77. The third-order valence-corrected chi connectivity index (χ3v) is 6.75. The Labute approximate surface area is 164 Å². The van der Waals surface area contributed by atoms with Crippen molar-refractivity contribution in [1.82, 2.24) is 19.4 Å². The second-order valence-electron chi connectivity index (χ2n) is 8.45. The van der Waals surface area contributed by atoms with E-state index in [2.05, 4.69) is 20.5 Å². The average Bonchev–Trinajstić information content (AvgIpc) is 3.31. The summed E-state index contributed by atoms with van der Waals surface area (Å²) in [7, 11) is 0. The summed E-state index contributed by atoms with van der Waals surface area (Å²) in [5, 5.41) is 10.9. The summed E-state index contributed by atoms with van der Waals surface area (Å²) in [5.74, 6) is 1.20. The van der Waals surface area contributed by atoms with Crippen molar-refractivity contribution in [1.29, 1.82) is 0 Å². The Morgan fingerprint density at radius 2 is 1.89 bits per heavy atom. The molecule has 0 bridgehead atoms. The molecule has 7 nitrogen and oxygen atoms in total. The zero-order chi connectivity index (χ0) is 19.1. The molecule has 2 aromatic rings. The van der Waals surface area contributed by atoms with Crippen LogP contribution in [-0.4, -0.2) is 82.4 Å². The number of aromatic nitrogens is 2. The lowest BCUT2D eigenvalue weighted by Gasteiger charge is -2.36. The summed E-state index contributed by atoms with van der Waals surface area (Å²) in [6.07, 6.45) is 3.24. The number of rotatable bonds is 3. The van der Waals surface area contributed by atoms with Crippen LogP contribution < -0.4 is 0 Å². The minimum absolute atomic E-state index is 0.0588. The van der Waals surface area contributed by atoms with Crippen molar-refractivity contribution < 1.29 is 14.6 Å². The maximum atomic E-state index is 12.6. The summed E-state index contributed by atoms with van der Waals surface area (Å²) in [6.45, 7) is 5.03. The number of likely N-dealkylation sites (tertiary alicyclic amines) is 1. The maximum Gasteiger partial charge on any atom is 0.236 e. The van der Waals surface area contributed by atoms with Crippen LogP contribution in [0.3, 0.4) is 0 Å². The van der Waals surface area contributed by atoms with Gasteiger partial charge in [0.05, 0.1) is 49.3 Å². The molecule has 28 heavy (non-hydrogen) atoms. The fourth-order valence-electron chi connectivity index (χ4n) is 5.28. The normalized spacial score (nSPS) is 31.2. The first-order valence-electron chi connectivity index (χ1n) is 10.4. The van der Waals surface area contributed by atoms with Crippen LogP contribution in [0.15, 0.2) is 30.6 Å². The van der Waals surface area contributed by atoms with Crippen molar-refractivity contribution in [3.63, 3.8) is 0 Å². The van der Waals surface area contributed by atoms with Crippen LogP contribution in [0.5, 0.6) is 0 Å². The van der Waals surface area contributed by atoms with E-state index in [0.717, 1.165) is 37.0 Å². The molecular weight excluding hydrogens is 356 g/mol. The number of ether oxygens (including phenoxy) is 1. The highest BCUT2D eigenvalue weighted by Gasteiger charge is 2.43. The molecule has 3 heterocycles. The number of hydrogen-bond donors (Lipinski definition) is 1. The van der Waals surface area contributed by atoms with Crippen molar-refractivity contribution in [3.05, 3.63) is 30.6 Å². The minimum Gasteiger partial charge on any atom is -0.391 e. The number of amides is 1. The van der Waals surface area contributed by atoms with E-state index < -0.39 is 0 Å². The van der Waals surface area contributed by atoms with Gasteiger partial charge in [0.15, 0.2) is 0 Å². The minimum atomic E-state index is -0.367. The van der Waals surface area contributed by atoms with Gasteiger partial charge in [-0.3, -0.25) is 9.69 Å². The predicted octanol–water partition coefficient (Wildman–Crippen LogP) is 1.14. The first-order chi connectivity index (χ1) is 13.7. The Balaban J connectivity index is 1.26. The first-order valence-corrected chi connectivity index (χ1v) is 10.4. The van der Waals surface area contributed by atoms with Gasteiger partial charge in [-0.2, -0.15) is 0 Å². The Hall–Kier alpha value is -1.96. The van der Waals surface area contributed by atoms with Gasteiger partial charge in [0.25, 0.3) is 0 Å². The maximum absolute atomic E-state index is 12.6. The van der Waals surface area contributed by atoms with Crippen LogP contribution in [0.2, 0.25) is 0 Å². The molecule has 1 aliphatic carbocycles. The average molecular weight is 384 g/mol. The highest BCUT2D eigenvalue weighted by atomic mass is 16.5. The molecule has 1 aromatic heterocycles. The third kappa shape index (κ3) is 3.32. The highest BCUT2D eigenvalue weighted by molar-refractivity contribution is 5.78. The van der Waals surface area contributed by atoms with E-state index in [1.807, 2.05) is 29.4 Å². The fourth-order valence-corrected chi connectivity index (χ4v) is 5.28. The molecule has 7 heteroatoms. The molecule has 1 aromatic carbocycles. The van der Waals surface area contributed by atoms with Gasteiger partial charge in [-0.25, -0.2) is 4.98 Å². The smallest absolute Gasteiger partial charge is 0.236 e. The molecule has 2 saturated heterocycles. The van der Waals surface area contributed by atoms with Gasteiger partial charge in [-0.05, 0) is 36.8 Å². The summed E-state index contributed by atoms with van der Waals surface area (Å²) in [4.78, 5) is 21.3. The molecule has 0 unspecified atom stereocenters. The number of morpholine rings is 1. The van der Waals surface area contributed by atoms with Gasteiger partial charge < -0.3 is 19.3 Å². The van der Waals surface area contributed by atoms with E-state index in [9.17, 15) is 9.90 Å². The Morgan fingerprint density at radius 3 is 2.71 bits per heavy atom. The van der Waals surface area contributed by atoms with Gasteiger partial charge in [0, 0.05) is 26.2 Å². The second kappa shape index (κ2) is 7.46. The molecular formula is C21H28N4O3. The molecule has 0 spiro atoms. The molecule has 1 saturated carbocycles. The zero-order valence-electron chi connectivity index (χ0n) is 16.1. The van der Waals surface area contributed by atoms with Crippen LogP contribution in [0.1, 0.15) is 18.9 Å². The van der Waals surface area contributed by atoms with Crippen molar-refractivity contribution in [2.24, 2.45) is 11.8 Å². The molecule has 3 fully saturated rings. The van der Waals surface area contributed by atoms with Crippen molar-refractivity contribution in [3.8, 4) is 0 Å². The fraction of sp³-hybridized carbons (Fsp3) is 0.619. The van der Waals surface area contributed by atoms with E-state index in [4.69, 9.17) is 4.74 Å². The van der Waals surface area contributed by atoms with Gasteiger partial charge in [0.1, 0.15) is 0 Å². The monoisotopic (exact) mass is 384 g/mol. The summed E-state index contributed by atoms with van der Waals surface area (Å²) >= 11 is 0. The molecule has 1 amide bonds. The number of benzene rings is 1. The lowest BCUT2D eigenvalue weighted by molar-refractivity contribution is -0.136. The van der Waals surface area contributed by atoms with E-state index in [0.29, 0.717) is 44.7 Å². The lowest BCUT2D eigenvalue weighted by Crippen LogP contribution is -2.45. The van der Waals surface area contributed by atoms with Crippen LogP contribution in [0.4, 0.5) is 0 Å². The van der Waals surface area contributed by atoms with Gasteiger partial charge >= 0.3 is 0 Å². The highest BCUT2D eigenvalue weighted by Crippen LogP contribution is 2.42. The number of carbonyl (C=O) groups is 1. The summed E-state index contributed by atoms with van der Waals surface area (Å²) in [6, 6.07) is 8.16. The van der Waals surface area contributed by atoms with Crippen molar-refractivity contribution in [2.75, 3.05) is 45.9 Å². The van der Waals surface area contributed by atoms with Gasteiger partial charge in [-0.15, -0.1) is 0 Å². The van der Waals surface area contributed by atoms with E-state index in [-0.39, 0.29) is 18.1 Å². The molecule has 150 valence electrons. The number of fused-ring (bicyclic) bond motifs is 2. The van der Waals surface area contributed by atoms with E-state index in [1.54, 1.807) is 0 Å². The number of imidazole rings is 1. The van der Waals surface area contributed by atoms with Crippen LogP contribution in [0, 0.1) is 11.8 Å². The van der Waals surface area contributed by atoms with E-state index >= 15 is 0 Å². The summed E-state index contributed by atoms with van der Waals surface area (Å²) in [5.41, 5.74) is 2.06. The standard InChI is InChI=1S/C21H28N4O3/c26-20-10-16-12-23(13-21(27)24-5-7-28-8-6-24)11-15(16)9-19(20)25-14-22-17-3-1-2-4-18(17)25/h1-4,14-16,19-20,26H,5-13H2/t15-,16+,19-,20-/m1/s1. The number of para-hydroxylation sites is 2. The van der Waals surface area contributed by atoms with Gasteiger partial charge in [0.2, 0.25) is 5.91 Å². The number of carbonyl (C=O) groups excluding carboxylic acids is 1. The van der Waals surface area contributed by atoms with Crippen LogP contribution in [0.25, 0.3) is 11.0 Å². The van der Waals surface area contributed by atoms with Gasteiger partial charge in [-0.1, -0.05) is 12.1 Å². The number of nitrogens with zero attached hydrogens (tertiary/aromatic N) is 4. The molecule has 2 aliphatic heterocycles. The number of aliphatic hydroxyl groups is 1. The third-order valence-electron chi connectivity index (χ3n) is 6.75. The molecule has 3 aliphatic rings. The van der Waals surface area contributed by atoms with E-state index in [1.165, 1.54) is 0 Å². The van der Waals surface area contributed by atoms with Crippen molar-refractivity contribution >= 4 is 16.9 Å². The largest absolute Gasteiger partial charge is 0.391 e. The first kappa shape index (κ1) is 18.1. The van der Waals surface area contributed by atoms with Crippen molar-refractivity contribution in [2.45, 2.75) is 25.0 Å². The molecule has 5 rings (SSSR count). The quantitative estimate of drug-likeness (QED) is 0.859. The molecule has 4 atom stereocenters. The Kier molecular flexibility index (Phi) is 4.82. The summed E-state index contributed by atoms with van der Waals surface area (Å²) < 4.78 is 7.49. The van der Waals surface area contributed by atoms with Crippen LogP contribution >= 0.6 is 0 Å². The SMILES string of the molecule is O=C(CN1C[C@H]2C[C@@H](n3cnc4ccccc43)[C@H](O)C[C@H]2C1)N1CCOCC1. The molecule has 1 N–H and O–H groups in total. The number of aliphatic hydroxyl groups excluding tert-OH is 1. The van der Waals surface area contributed by atoms with Crippen LogP contribution in [-0.2, 0) is 9.53 Å². The second-order valence-corrected chi connectivity index (χ2v) is 8.45. The zero-order valence-corrected chi connectivity index (χ0v) is 16.1. The Bertz CT molecular complexity index is 847. The molecule has 0 radical (unpaired) electrons. The number of hydrogen-bond acceptors (Lipinski definition) is 5. The predicted molar refractivity (Wildman–Crippen MR) is 105 cm³/mol. The Morgan fingerprint density at radius 1 is 1.14 bits per heavy atom. The topological polar surface area (TPSA) is 70.8 Å².